The van der Waals surface area contributed by atoms with Crippen molar-refractivity contribution in [1.29, 1.82) is 0 Å². The first-order chi connectivity index (χ1) is 27.1. The van der Waals surface area contributed by atoms with Crippen LogP contribution in [0.5, 0.6) is 5.88 Å². The van der Waals surface area contributed by atoms with Crippen LogP contribution in [-0.4, -0.2) is 94.6 Å². The fourth-order valence-electron chi connectivity index (χ4n) is 8.27. The van der Waals surface area contributed by atoms with Crippen LogP contribution >= 0.6 is 0 Å². The summed E-state index contributed by atoms with van der Waals surface area (Å²) in [5, 5.41) is 5.06. The Bertz CT molecular complexity index is 2100. The molecule has 318 valence electrons. The first-order valence-corrected chi connectivity index (χ1v) is 21.4. The molecule has 2 bridgehead atoms. The van der Waals surface area contributed by atoms with Gasteiger partial charge in [-0.05, 0) is 75.3 Å². The van der Waals surface area contributed by atoms with Crippen LogP contribution in [0.4, 0.5) is 22.4 Å². The van der Waals surface area contributed by atoms with Crippen molar-refractivity contribution in [2.45, 2.75) is 139 Å². The van der Waals surface area contributed by atoms with Gasteiger partial charge in [0.15, 0.2) is 5.69 Å². The SMILES string of the molecule is CC[C@@H]1[C@@H]2CN(C(=O)[C@H](C(C)(C)C)NC(=O)O[C@@H]3C[C@H]3CCCCC(F)(F)c3nc4ccccc4nc3O2)[C@@H]1C(=O)N[C@]1(C(=O)NS(=O)(=O)C2(C)CC2)C[C@H]1C(F)F. The number of amides is 4. The molecule has 2 aliphatic heterocycles. The number of carbonyl (C=O) groups excluding carboxylic acids is 4. The Balaban J connectivity index is 1.29. The van der Waals surface area contributed by atoms with Crippen molar-refractivity contribution in [2.75, 3.05) is 6.54 Å². The van der Waals surface area contributed by atoms with E-state index in [1.807, 2.05) is 4.72 Å². The molecule has 14 nitrogen and oxygen atoms in total. The lowest BCUT2D eigenvalue weighted by molar-refractivity contribution is -0.144. The van der Waals surface area contributed by atoms with Crippen molar-refractivity contribution in [2.24, 2.45) is 23.2 Å². The summed E-state index contributed by atoms with van der Waals surface area (Å²) in [6, 6.07) is 3.50. The largest absolute Gasteiger partial charge is 0.471 e. The average molecular weight is 839 g/mol. The summed E-state index contributed by atoms with van der Waals surface area (Å²) in [5.41, 5.74) is -3.61. The zero-order chi connectivity index (χ0) is 42.2. The molecule has 0 unspecified atom stereocenters. The second-order valence-electron chi connectivity index (χ2n) is 17.9. The van der Waals surface area contributed by atoms with E-state index in [-0.39, 0.29) is 42.6 Å². The number of nitrogens with one attached hydrogen (secondary N) is 3. The van der Waals surface area contributed by atoms with Gasteiger partial charge in [-0.15, -0.1) is 0 Å². The lowest BCUT2D eigenvalue weighted by atomic mass is 9.85. The van der Waals surface area contributed by atoms with Crippen molar-refractivity contribution in [3.8, 4) is 5.88 Å². The third kappa shape index (κ3) is 7.90. The van der Waals surface area contributed by atoms with Gasteiger partial charge in [0, 0.05) is 12.3 Å². The zero-order valence-electron chi connectivity index (χ0n) is 33.0. The van der Waals surface area contributed by atoms with E-state index in [1.165, 1.54) is 13.0 Å². The molecule has 3 aliphatic carbocycles. The molecular formula is C39H50F4N6O8S. The van der Waals surface area contributed by atoms with Gasteiger partial charge in [-0.2, -0.15) is 8.78 Å². The predicted octanol–water partition coefficient (Wildman–Crippen LogP) is 4.95. The minimum atomic E-state index is -4.30. The number of nitrogens with zero attached hydrogens (tertiary/aromatic N) is 3. The van der Waals surface area contributed by atoms with Crippen LogP contribution in [0.2, 0.25) is 0 Å². The van der Waals surface area contributed by atoms with E-state index in [1.54, 1.807) is 45.9 Å². The van der Waals surface area contributed by atoms with Gasteiger partial charge in [-0.1, -0.05) is 46.2 Å². The Morgan fingerprint density at radius 1 is 1.03 bits per heavy atom. The third-order valence-corrected chi connectivity index (χ3v) is 14.6. The monoisotopic (exact) mass is 838 g/mol. The van der Waals surface area contributed by atoms with Crippen molar-refractivity contribution < 1.29 is 54.6 Å². The van der Waals surface area contributed by atoms with Crippen LogP contribution in [0.3, 0.4) is 0 Å². The molecule has 4 fully saturated rings. The fraction of sp³-hybridized carbons (Fsp3) is 0.692. The van der Waals surface area contributed by atoms with E-state index < -0.39 is 129 Å². The van der Waals surface area contributed by atoms with Crippen LogP contribution in [0.1, 0.15) is 98.1 Å². The van der Waals surface area contributed by atoms with Crippen molar-refractivity contribution in [3.05, 3.63) is 30.0 Å². The van der Waals surface area contributed by atoms with Crippen LogP contribution < -0.4 is 20.1 Å². The summed E-state index contributed by atoms with van der Waals surface area (Å²) in [6.45, 7) is 7.68. The molecule has 3 N–H and O–H groups in total. The Hall–Kier alpha value is -4.29. The number of fused-ring (bicyclic) bond motifs is 5. The number of hydrogen-bond acceptors (Lipinski definition) is 10. The number of para-hydroxylation sites is 2. The molecule has 7 rings (SSSR count). The summed E-state index contributed by atoms with van der Waals surface area (Å²) < 4.78 is 99.7. The summed E-state index contributed by atoms with van der Waals surface area (Å²) in [7, 11) is -4.30. The average Bonchev–Trinajstić information content (AvgIpc) is 4.09. The van der Waals surface area contributed by atoms with Gasteiger partial charge in [0.05, 0.1) is 28.2 Å². The number of hydrogen-bond donors (Lipinski definition) is 3. The summed E-state index contributed by atoms with van der Waals surface area (Å²) >= 11 is 0. The van der Waals surface area contributed by atoms with E-state index in [4.69, 9.17) is 9.47 Å². The molecule has 3 heterocycles. The Labute approximate surface area is 334 Å². The molecular weight excluding hydrogens is 789 g/mol. The summed E-state index contributed by atoms with van der Waals surface area (Å²) in [6.07, 6.45) is -4.72. The molecule has 4 amide bonds. The first kappa shape index (κ1) is 41.9. The molecule has 1 saturated heterocycles. The van der Waals surface area contributed by atoms with Gasteiger partial charge in [0.2, 0.25) is 34.1 Å². The number of benzene rings is 1. The van der Waals surface area contributed by atoms with Crippen LogP contribution in [0.15, 0.2) is 24.3 Å². The lowest BCUT2D eigenvalue weighted by Crippen LogP contribution is -2.61. The number of carbonyl (C=O) groups is 4. The molecule has 8 atom stereocenters. The smallest absolute Gasteiger partial charge is 0.408 e. The van der Waals surface area contributed by atoms with Crippen molar-refractivity contribution in [1.82, 2.24) is 30.2 Å². The van der Waals surface area contributed by atoms with Crippen LogP contribution in [0, 0.1) is 23.2 Å². The Kier molecular flexibility index (Phi) is 10.7. The molecule has 2 aromatic rings. The number of aromatic nitrogens is 2. The van der Waals surface area contributed by atoms with Crippen molar-refractivity contribution in [3.63, 3.8) is 0 Å². The maximum Gasteiger partial charge on any atom is 0.408 e. The fourth-order valence-corrected chi connectivity index (χ4v) is 9.58. The number of sulfonamides is 1. The normalized spacial score (nSPS) is 32.0. The van der Waals surface area contributed by atoms with E-state index in [9.17, 15) is 36.4 Å². The highest BCUT2D eigenvalue weighted by Gasteiger charge is 2.68. The summed E-state index contributed by atoms with van der Waals surface area (Å²) in [4.78, 5) is 66.1. The second kappa shape index (κ2) is 14.8. The molecule has 19 heteroatoms. The Morgan fingerprint density at radius 3 is 2.31 bits per heavy atom. The van der Waals surface area contributed by atoms with Gasteiger partial charge in [0.1, 0.15) is 29.8 Å². The first-order valence-electron chi connectivity index (χ1n) is 19.9. The highest BCUT2D eigenvalue weighted by Crippen LogP contribution is 2.50. The summed E-state index contributed by atoms with van der Waals surface area (Å²) in [5.74, 6) is -10.0. The van der Waals surface area contributed by atoms with E-state index in [0.717, 1.165) is 4.90 Å². The molecule has 1 aromatic carbocycles. The van der Waals surface area contributed by atoms with Crippen LogP contribution in [0.25, 0.3) is 11.0 Å². The molecule has 0 radical (unpaired) electrons. The third-order valence-electron chi connectivity index (χ3n) is 12.5. The lowest BCUT2D eigenvalue weighted by Gasteiger charge is -2.36. The number of ether oxygens (including phenoxy) is 2. The van der Waals surface area contributed by atoms with Gasteiger partial charge < -0.3 is 25.0 Å². The van der Waals surface area contributed by atoms with Gasteiger partial charge in [-0.3, -0.25) is 19.1 Å². The molecule has 3 saturated carbocycles. The predicted molar refractivity (Wildman–Crippen MR) is 200 cm³/mol. The standard InChI is InChI=1S/C39H50F4N6O8S/c1-6-21-26-19-49(27(21)31(50)47-38(18-22(38)30(40)41)34(52)48-58(54,55)37(5)15-16-37)33(51)29(36(2,3)4)46-35(53)57-25-17-20(25)11-9-10-14-39(42,43)28-32(56-26)45-24-13-8-7-12-23(24)44-28/h7-8,12-13,20-22,25-27,29-30H,6,9-11,14-19H2,1-5H3,(H,46,53)(H,47,50)(H,48,52)/t20-,21-,22+,25-,26+,27+,29-,38-/m1/s1. The topological polar surface area (TPSA) is 186 Å². The van der Waals surface area contributed by atoms with Crippen LogP contribution in [-0.2, 0) is 35.1 Å². The maximum atomic E-state index is 16.2. The zero-order valence-corrected chi connectivity index (χ0v) is 33.8. The molecule has 5 aliphatic rings. The van der Waals surface area contributed by atoms with Gasteiger partial charge in [0.25, 0.3) is 11.8 Å². The minimum absolute atomic E-state index is 0.0507. The second-order valence-corrected chi connectivity index (χ2v) is 20.0. The number of alkyl carbamates (subject to hydrolysis) is 1. The van der Waals surface area contributed by atoms with E-state index in [2.05, 4.69) is 20.6 Å². The highest BCUT2D eigenvalue weighted by molar-refractivity contribution is 7.91. The van der Waals surface area contributed by atoms with Gasteiger partial charge in [-0.25, -0.2) is 32.0 Å². The minimum Gasteiger partial charge on any atom is -0.471 e. The number of halogens is 4. The Morgan fingerprint density at radius 2 is 1.71 bits per heavy atom. The molecule has 0 spiro atoms. The number of rotatable bonds is 7. The highest BCUT2D eigenvalue weighted by atomic mass is 32.2. The maximum absolute atomic E-state index is 16.2. The van der Waals surface area contributed by atoms with E-state index in [0.29, 0.717) is 19.3 Å². The van der Waals surface area contributed by atoms with Gasteiger partial charge >= 0.3 is 6.09 Å². The molecule has 1 aromatic heterocycles. The van der Waals surface area contributed by atoms with Crippen molar-refractivity contribution >= 4 is 44.9 Å². The number of alkyl halides is 4. The quantitative estimate of drug-likeness (QED) is 0.323. The van der Waals surface area contributed by atoms with E-state index >= 15 is 8.78 Å². The molecule has 58 heavy (non-hydrogen) atoms.